The fourth-order valence-corrected chi connectivity index (χ4v) is 5.00. The fraction of sp³-hybridized carbons (Fsp3) is 0.286. The lowest BCUT2D eigenvalue weighted by atomic mass is 9.93. The van der Waals surface area contributed by atoms with Crippen LogP contribution >= 0.6 is 0 Å². The van der Waals surface area contributed by atoms with Gasteiger partial charge in [0.15, 0.2) is 0 Å². The van der Waals surface area contributed by atoms with Crippen molar-refractivity contribution in [1.82, 2.24) is 14.8 Å². The van der Waals surface area contributed by atoms with Crippen molar-refractivity contribution in [2.24, 2.45) is 0 Å². The molecule has 0 saturated carbocycles. The summed E-state index contributed by atoms with van der Waals surface area (Å²) in [6.45, 7) is -0.619. The highest BCUT2D eigenvalue weighted by Crippen LogP contribution is 2.46. The number of carbonyl (C=O) groups excluding carboxylic acids is 3. The number of imide groups is 1. The van der Waals surface area contributed by atoms with E-state index in [1.165, 1.54) is 12.1 Å². The molecule has 39 heavy (non-hydrogen) atoms. The van der Waals surface area contributed by atoms with Crippen LogP contribution in [0.3, 0.4) is 0 Å². The van der Waals surface area contributed by atoms with Crippen LogP contribution in [0.25, 0.3) is 11.1 Å². The van der Waals surface area contributed by atoms with Crippen molar-refractivity contribution in [3.63, 3.8) is 0 Å². The van der Waals surface area contributed by atoms with E-state index in [0.717, 1.165) is 35.7 Å². The van der Waals surface area contributed by atoms with Crippen LogP contribution in [-0.2, 0) is 32.9 Å². The number of hydrogen-bond donors (Lipinski definition) is 0. The van der Waals surface area contributed by atoms with Crippen molar-refractivity contribution >= 4 is 17.9 Å². The summed E-state index contributed by atoms with van der Waals surface area (Å²) in [7, 11) is 0. The minimum absolute atomic E-state index is 0.145. The molecule has 1 aliphatic heterocycles. The molecule has 5 rings (SSSR count). The first kappa shape index (κ1) is 26.3. The van der Waals surface area contributed by atoms with Gasteiger partial charge in [-0.15, -0.1) is 0 Å². The largest absolute Gasteiger partial charge is 0.427 e. The predicted molar refractivity (Wildman–Crippen MR) is 130 cm³/mol. The van der Waals surface area contributed by atoms with Crippen molar-refractivity contribution in [3.05, 3.63) is 89.5 Å². The molecule has 0 N–H and O–H groups in total. The lowest BCUT2D eigenvalue weighted by Gasteiger charge is -2.31. The molecule has 1 fully saturated rings. The van der Waals surface area contributed by atoms with Gasteiger partial charge in [-0.2, -0.15) is 13.2 Å². The number of benzene rings is 2. The molecule has 1 aliphatic carbocycles. The molecule has 202 valence electrons. The molecule has 0 unspecified atom stereocenters. The average molecular weight is 542 g/mol. The molecule has 2 atom stereocenters. The van der Waals surface area contributed by atoms with Crippen molar-refractivity contribution in [1.29, 1.82) is 0 Å². The van der Waals surface area contributed by atoms with E-state index in [9.17, 15) is 31.9 Å². The maximum Gasteiger partial charge on any atom is 0.418 e. The zero-order valence-corrected chi connectivity index (χ0v) is 20.7. The number of aryl methyl sites for hydroxylation is 1. The highest BCUT2D eigenvalue weighted by molar-refractivity contribution is 6.06. The van der Waals surface area contributed by atoms with Gasteiger partial charge in [0.2, 0.25) is 11.5 Å². The summed E-state index contributed by atoms with van der Waals surface area (Å²) in [5, 5.41) is 0. The Labute approximate surface area is 221 Å². The van der Waals surface area contributed by atoms with Crippen molar-refractivity contribution in [2.45, 2.75) is 44.1 Å². The van der Waals surface area contributed by atoms with Gasteiger partial charge in [-0.1, -0.05) is 36.4 Å². The summed E-state index contributed by atoms with van der Waals surface area (Å²) in [6.07, 6.45) is -1.96. The highest BCUT2D eigenvalue weighted by Gasteiger charge is 2.58. The third kappa shape index (κ3) is 4.84. The first-order valence-corrected chi connectivity index (χ1v) is 12.2. The Morgan fingerprint density at radius 2 is 1.87 bits per heavy atom. The summed E-state index contributed by atoms with van der Waals surface area (Å²) in [5.41, 5.74) is 1.60. The summed E-state index contributed by atoms with van der Waals surface area (Å²) in [5.74, 6) is -2.48. The van der Waals surface area contributed by atoms with Crippen LogP contribution in [-0.4, -0.2) is 51.5 Å². The zero-order valence-electron chi connectivity index (χ0n) is 20.7. The van der Waals surface area contributed by atoms with Gasteiger partial charge in [0.1, 0.15) is 18.4 Å². The second kappa shape index (κ2) is 9.79. The number of pyridine rings is 1. The molecular formula is C28H23F4N3O4. The maximum absolute atomic E-state index is 13.6. The van der Waals surface area contributed by atoms with E-state index in [1.807, 2.05) is 12.1 Å². The number of rotatable bonds is 6. The SMILES string of the molecule is C[C@H](N(Cc1ccc(F)cc1)C(=O)CN1C(=O)O[C@]2(CCc3cc(-c4cccnc4)ccc32)C1=O)C(F)(F)F. The number of hydrogen-bond acceptors (Lipinski definition) is 5. The van der Waals surface area contributed by atoms with E-state index in [4.69, 9.17) is 4.74 Å². The van der Waals surface area contributed by atoms with Gasteiger partial charge in [-0.05, 0) is 53.8 Å². The molecule has 2 heterocycles. The van der Waals surface area contributed by atoms with Gasteiger partial charge in [-0.3, -0.25) is 14.6 Å². The molecule has 11 heteroatoms. The minimum Gasteiger partial charge on any atom is -0.427 e. The molecule has 2 aliphatic rings. The van der Waals surface area contributed by atoms with Crippen LogP contribution < -0.4 is 0 Å². The van der Waals surface area contributed by atoms with E-state index in [1.54, 1.807) is 30.6 Å². The third-order valence-electron chi connectivity index (χ3n) is 7.18. The molecule has 1 saturated heterocycles. The summed E-state index contributed by atoms with van der Waals surface area (Å²) >= 11 is 0. The number of aromatic nitrogens is 1. The van der Waals surface area contributed by atoms with E-state index < -0.39 is 54.6 Å². The second-order valence-electron chi connectivity index (χ2n) is 9.57. The van der Waals surface area contributed by atoms with Gasteiger partial charge >= 0.3 is 12.3 Å². The molecule has 7 nitrogen and oxygen atoms in total. The molecule has 1 aromatic heterocycles. The Morgan fingerprint density at radius 3 is 2.54 bits per heavy atom. The van der Waals surface area contributed by atoms with Crippen molar-refractivity contribution in [3.8, 4) is 11.1 Å². The van der Waals surface area contributed by atoms with Crippen LogP contribution in [0.4, 0.5) is 22.4 Å². The van der Waals surface area contributed by atoms with Crippen molar-refractivity contribution < 1.29 is 36.7 Å². The van der Waals surface area contributed by atoms with Gasteiger partial charge in [0.25, 0.3) is 5.91 Å². The number of halogens is 4. The Hall–Kier alpha value is -4.28. The minimum atomic E-state index is -4.77. The highest BCUT2D eigenvalue weighted by atomic mass is 19.4. The van der Waals surface area contributed by atoms with Crippen LogP contribution in [0.5, 0.6) is 0 Å². The van der Waals surface area contributed by atoms with E-state index >= 15 is 0 Å². The molecule has 3 aromatic rings. The summed E-state index contributed by atoms with van der Waals surface area (Å²) < 4.78 is 59.7. The Kier molecular flexibility index (Phi) is 6.61. The summed E-state index contributed by atoms with van der Waals surface area (Å²) in [6, 6.07) is 11.4. The molecular weight excluding hydrogens is 518 g/mol. The standard InChI is InChI=1S/C28H23F4N3O4/c1-17(28(30,31)32)34(15-18-4-7-22(29)8-5-18)24(36)16-35-25(37)27(39-26(35)38)11-10-20-13-19(6-9-23(20)27)21-3-2-12-33-14-21/h2-9,12-14,17H,10-11,15-16H2,1H3/t17-,27-/m0/s1. The quantitative estimate of drug-likeness (QED) is 0.411. The molecule has 0 bridgehead atoms. The zero-order chi connectivity index (χ0) is 27.9. The number of ether oxygens (including phenoxy) is 1. The average Bonchev–Trinajstić information content (AvgIpc) is 3.39. The Bertz CT molecular complexity index is 1430. The van der Waals surface area contributed by atoms with Gasteiger partial charge in [0, 0.05) is 30.9 Å². The maximum atomic E-state index is 13.6. The number of amides is 3. The van der Waals surface area contributed by atoms with E-state index in [2.05, 4.69) is 4.98 Å². The molecule has 0 radical (unpaired) electrons. The first-order chi connectivity index (χ1) is 18.5. The van der Waals surface area contributed by atoms with Crippen LogP contribution in [0, 0.1) is 5.82 Å². The lowest BCUT2D eigenvalue weighted by molar-refractivity contribution is -0.187. The van der Waals surface area contributed by atoms with Crippen LogP contribution in [0.15, 0.2) is 67.0 Å². The number of fused-ring (bicyclic) bond motifs is 2. The van der Waals surface area contributed by atoms with Gasteiger partial charge in [0.05, 0.1) is 0 Å². The number of alkyl halides is 3. The van der Waals surface area contributed by atoms with E-state index in [-0.39, 0.29) is 12.0 Å². The second-order valence-corrected chi connectivity index (χ2v) is 9.57. The Balaban J connectivity index is 1.39. The fourth-order valence-electron chi connectivity index (χ4n) is 5.00. The monoisotopic (exact) mass is 541 g/mol. The first-order valence-electron chi connectivity index (χ1n) is 12.2. The molecule has 3 amide bonds. The summed E-state index contributed by atoms with van der Waals surface area (Å²) in [4.78, 5) is 44.6. The smallest absolute Gasteiger partial charge is 0.418 e. The van der Waals surface area contributed by atoms with Crippen LogP contribution in [0.2, 0.25) is 0 Å². The third-order valence-corrected chi connectivity index (χ3v) is 7.18. The number of nitrogens with zero attached hydrogens (tertiary/aromatic N) is 3. The predicted octanol–water partition coefficient (Wildman–Crippen LogP) is 4.99. The van der Waals surface area contributed by atoms with E-state index in [0.29, 0.717) is 21.8 Å². The molecule has 2 aromatic carbocycles. The van der Waals surface area contributed by atoms with Gasteiger partial charge in [-0.25, -0.2) is 14.1 Å². The Morgan fingerprint density at radius 1 is 1.13 bits per heavy atom. The number of carbonyl (C=O) groups is 3. The lowest BCUT2D eigenvalue weighted by Crippen LogP contribution is -2.51. The van der Waals surface area contributed by atoms with Gasteiger partial charge < -0.3 is 9.64 Å². The van der Waals surface area contributed by atoms with Crippen molar-refractivity contribution in [2.75, 3.05) is 6.54 Å². The topological polar surface area (TPSA) is 79.8 Å². The normalized spacial score (nSPS) is 19.3. The van der Waals surface area contributed by atoms with Crippen LogP contribution in [0.1, 0.15) is 30.0 Å². The molecule has 1 spiro atoms.